The van der Waals surface area contributed by atoms with E-state index in [4.69, 9.17) is 0 Å². The fourth-order valence-electron chi connectivity index (χ4n) is 3.16. The molecule has 1 aromatic heterocycles. The number of amides is 1. The molecule has 1 aromatic carbocycles. The van der Waals surface area contributed by atoms with Crippen LogP contribution in [0.3, 0.4) is 0 Å². The molecule has 1 aliphatic rings. The van der Waals surface area contributed by atoms with Gasteiger partial charge in [0.1, 0.15) is 6.54 Å². The van der Waals surface area contributed by atoms with E-state index in [9.17, 15) is 14.7 Å². The van der Waals surface area contributed by atoms with Crippen molar-refractivity contribution < 1.29 is 9.90 Å². The summed E-state index contributed by atoms with van der Waals surface area (Å²) in [4.78, 5) is 28.5. The Kier molecular flexibility index (Phi) is 4.71. The summed E-state index contributed by atoms with van der Waals surface area (Å²) in [7, 11) is 0. The number of aliphatic hydroxyl groups is 1. The summed E-state index contributed by atoms with van der Waals surface area (Å²) in [6, 6.07) is 7.05. The molecule has 23 heavy (non-hydrogen) atoms. The van der Waals surface area contributed by atoms with Crippen LogP contribution in [0, 0.1) is 5.92 Å². The molecule has 6 nitrogen and oxygen atoms in total. The van der Waals surface area contributed by atoms with Crippen LogP contribution in [0.15, 0.2) is 35.4 Å². The van der Waals surface area contributed by atoms with E-state index >= 15 is 0 Å². The number of hydrogen-bond acceptors (Lipinski definition) is 4. The van der Waals surface area contributed by atoms with E-state index in [1.165, 1.54) is 10.9 Å². The van der Waals surface area contributed by atoms with Crippen LogP contribution in [0.4, 0.5) is 0 Å². The lowest BCUT2D eigenvalue weighted by molar-refractivity contribution is -0.122. The van der Waals surface area contributed by atoms with E-state index in [0.29, 0.717) is 10.9 Å². The van der Waals surface area contributed by atoms with Crippen LogP contribution in [-0.2, 0) is 11.3 Å². The monoisotopic (exact) mass is 315 g/mol. The van der Waals surface area contributed by atoms with Gasteiger partial charge in [0.15, 0.2) is 0 Å². The van der Waals surface area contributed by atoms with E-state index in [0.717, 1.165) is 25.7 Å². The molecule has 0 spiro atoms. The fraction of sp³-hybridized carbons (Fsp3) is 0.471. The minimum atomic E-state index is -0.507. The molecule has 2 aromatic rings. The molecule has 0 aliphatic heterocycles. The van der Waals surface area contributed by atoms with Gasteiger partial charge < -0.3 is 10.4 Å². The maximum Gasteiger partial charge on any atom is 0.261 e. The van der Waals surface area contributed by atoms with E-state index in [1.807, 2.05) is 6.07 Å². The van der Waals surface area contributed by atoms with Crippen LogP contribution < -0.4 is 10.9 Å². The Balaban J connectivity index is 1.61. The Morgan fingerprint density at radius 2 is 2.09 bits per heavy atom. The number of nitrogens with zero attached hydrogens (tertiary/aromatic N) is 2. The molecule has 1 saturated carbocycles. The van der Waals surface area contributed by atoms with Crippen molar-refractivity contribution >= 4 is 16.8 Å². The third-order valence-electron chi connectivity index (χ3n) is 4.50. The minimum absolute atomic E-state index is 0.0892. The van der Waals surface area contributed by atoms with Crippen LogP contribution in [0.1, 0.15) is 25.7 Å². The molecule has 1 aliphatic carbocycles. The van der Waals surface area contributed by atoms with Gasteiger partial charge in [-0.3, -0.25) is 14.2 Å². The normalized spacial score (nSPS) is 16.6. The molecule has 1 amide bonds. The Bertz CT molecular complexity index is 750. The summed E-state index contributed by atoms with van der Waals surface area (Å²) in [5.41, 5.74) is 0.382. The molecule has 1 heterocycles. The number of aromatic nitrogens is 2. The Labute approximate surface area is 134 Å². The third kappa shape index (κ3) is 3.59. The van der Waals surface area contributed by atoms with Crippen LogP contribution in [0.5, 0.6) is 0 Å². The smallest absolute Gasteiger partial charge is 0.261 e. The van der Waals surface area contributed by atoms with Gasteiger partial charge in [-0.1, -0.05) is 25.0 Å². The van der Waals surface area contributed by atoms with Crippen molar-refractivity contribution in [3.05, 3.63) is 40.9 Å². The SMILES string of the molecule is O=C(Cn1cnc2ccccc2c1=O)NCC(O)C1CCCC1. The van der Waals surface area contributed by atoms with Crippen molar-refractivity contribution in [1.82, 2.24) is 14.9 Å². The second kappa shape index (κ2) is 6.91. The van der Waals surface area contributed by atoms with Gasteiger partial charge in [-0.2, -0.15) is 0 Å². The lowest BCUT2D eigenvalue weighted by Crippen LogP contribution is -2.38. The molecule has 122 valence electrons. The number of carbonyl (C=O) groups excluding carboxylic acids is 1. The van der Waals surface area contributed by atoms with Crippen LogP contribution in [0.2, 0.25) is 0 Å². The highest BCUT2D eigenvalue weighted by Crippen LogP contribution is 2.27. The van der Waals surface area contributed by atoms with Gasteiger partial charge in [-0.05, 0) is 30.9 Å². The van der Waals surface area contributed by atoms with E-state index in [1.54, 1.807) is 18.2 Å². The van der Waals surface area contributed by atoms with Gasteiger partial charge >= 0.3 is 0 Å². The largest absolute Gasteiger partial charge is 0.391 e. The first-order valence-corrected chi connectivity index (χ1v) is 8.04. The van der Waals surface area contributed by atoms with Gasteiger partial charge in [-0.25, -0.2) is 4.98 Å². The maximum absolute atomic E-state index is 12.3. The standard InChI is InChI=1S/C17H21N3O3/c21-15(12-5-1-2-6-12)9-18-16(22)10-20-11-19-14-8-4-3-7-13(14)17(20)23/h3-4,7-8,11-12,15,21H,1-2,5-6,9-10H2,(H,18,22). The molecule has 1 fully saturated rings. The van der Waals surface area contributed by atoms with Crippen molar-refractivity contribution in [2.75, 3.05) is 6.54 Å². The van der Waals surface area contributed by atoms with Crippen molar-refractivity contribution in [2.24, 2.45) is 5.92 Å². The number of fused-ring (bicyclic) bond motifs is 1. The summed E-state index contributed by atoms with van der Waals surface area (Å²) in [6.45, 7) is 0.146. The van der Waals surface area contributed by atoms with Gasteiger partial charge in [0, 0.05) is 6.54 Å². The number of para-hydroxylation sites is 1. The molecule has 0 radical (unpaired) electrons. The first-order valence-electron chi connectivity index (χ1n) is 8.04. The van der Waals surface area contributed by atoms with Crippen LogP contribution in [-0.4, -0.2) is 33.2 Å². The maximum atomic E-state index is 12.3. The number of benzene rings is 1. The fourth-order valence-corrected chi connectivity index (χ4v) is 3.16. The summed E-state index contributed by atoms with van der Waals surface area (Å²) in [5, 5.41) is 13.3. The van der Waals surface area contributed by atoms with E-state index in [-0.39, 0.29) is 30.5 Å². The van der Waals surface area contributed by atoms with Gasteiger partial charge in [0.2, 0.25) is 5.91 Å². The molecular weight excluding hydrogens is 294 g/mol. The Hall–Kier alpha value is -2.21. The van der Waals surface area contributed by atoms with Crippen LogP contribution in [0.25, 0.3) is 10.9 Å². The zero-order valence-electron chi connectivity index (χ0n) is 12.9. The zero-order valence-corrected chi connectivity index (χ0v) is 12.9. The topological polar surface area (TPSA) is 84.2 Å². The van der Waals surface area contributed by atoms with Crippen molar-refractivity contribution in [2.45, 2.75) is 38.3 Å². The molecule has 6 heteroatoms. The average molecular weight is 315 g/mol. The van der Waals surface area contributed by atoms with Crippen LogP contribution >= 0.6 is 0 Å². The number of rotatable bonds is 5. The third-order valence-corrected chi connectivity index (χ3v) is 4.50. The summed E-state index contributed by atoms with van der Waals surface area (Å²) >= 11 is 0. The molecule has 1 atom stereocenters. The van der Waals surface area contributed by atoms with Crippen molar-refractivity contribution in [3.63, 3.8) is 0 Å². The lowest BCUT2D eigenvalue weighted by atomic mass is 10.0. The van der Waals surface area contributed by atoms with Gasteiger partial charge in [-0.15, -0.1) is 0 Å². The summed E-state index contributed by atoms with van der Waals surface area (Å²) < 4.78 is 1.29. The van der Waals surface area contributed by atoms with E-state index in [2.05, 4.69) is 10.3 Å². The number of aliphatic hydroxyl groups excluding tert-OH is 1. The number of hydrogen-bond donors (Lipinski definition) is 2. The summed E-state index contributed by atoms with van der Waals surface area (Å²) in [6.07, 6.45) is 5.21. The van der Waals surface area contributed by atoms with Gasteiger partial charge in [0.05, 0.1) is 23.3 Å². The highest BCUT2D eigenvalue weighted by Gasteiger charge is 2.23. The molecular formula is C17H21N3O3. The highest BCUT2D eigenvalue weighted by atomic mass is 16.3. The quantitative estimate of drug-likeness (QED) is 0.864. The average Bonchev–Trinajstić information content (AvgIpc) is 3.10. The Morgan fingerprint density at radius 1 is 1.35 bits per heavy atom. The predicted octanol–water partition coefficient (Wildman–Crippen LogP) is 1.06. The summed E-state index contributed by atoms with van der Waals surface area (Å²) in [5.74, 6) is -0.0124. The van der Waals surface area contributed by atoms with Crippen molar-refractivity contribution in [3.8, 4) is 0 Å². The van der Waals surface area contributed by atoms with E-state index < -0.39 is 6.10 Å². The van der Waals surface area contributed by atoms with Gasteiger partial charge in [0.25, 0.3) is 5.56 Å². The zero-order chi connectivity index (χ0) is 16.2. The second-order valence-corrected chi connectivity index (χ2v) is 6.11. The van der Waals surface area contributed by atoms with Crippen molar-refractivity contribution in [1.29, 1.82) is 0 Å². The first kappa shape index (κ1) is 15.7. The molecule has 3 rings (SSSR count). The Morgan fingerprint density at radius 3 is 2.87 bits per heavy atom. The molecule has 0 bridgehead atoms. The molecule has 1 unspecified atom stereocenters. The molecule has 2 N–H and O–H groups in total. The predicted molar refractivity (Wildman–Crippen MR) is 87.0 cm³/mol. The highest BCUT2D eigenvalue weighted by molar-refractivity contribution is 5.78. The minimum Gasteiger partial charge on any atom is -0.391 e. The second-order valence-electron chi connectivity index (χ2n) is 6.11. The lowest BCUT2D eigenvalue weighted by Gasteiger charge is -2.18. The first-order chi connectivity index (χ1) is 11.1. The molecule has 0 saturated heterocycles. The number of carbonyl (C=O) groups is 1. The number of nitrogens with one attached hydrogen (secondary N) is 1.